The third kappa shape index (κ3) is 5.84. The summed E-state index contributed by atoms with van der Waals surface area (Å²) in [5.74, 6) is 2.05. The molecule has 258 valence electrons. The molecule has 0 saturated carbocycles. The van der Waals surface area contributed by atoms with Gasteiger partial charge in [0.25, 0.3) is 0 Å². The largest absolute Gasteiger partial charge is 2.00 e. The maximum atomic E-state index is 6.49. The van der Waals surface area contributed by atoms with Gasteiger partial charge in [-0.1, -0.05) is 68.2 Å². The third-order valence-corrected chi connectivity index (χ3v) is 10.9. The first-order valence-electron chi connectivity index (χ1n) is 17.2. The van der Waals surface area contributed by atoms with Crippen molar-refractivity contribution in [3.63, 3.8) is 0 Å². The van der Waals surface area contributed by atoms with Crippen LogP contribution in [-0.2, 0) is 26.5 Å². The van der Waals surface area contributed by atoms with Gasteiger partial charge < -0.3 is 9.30 Å². The van der Waals surface area contributed by atoms with Gasteiger partial charge >= 0.3 is 21.1 Å². The van der Waals surface area contributed by atoms with Crippen LogP contribution in [-0.4, -0.2) is 19.3 Å². The van der Waals surface area contributed by atoms with E-state index >= 15 is 0 Å². The van der Waals surface area contributed by atoms with Crippen LogP contribution in [0.25, 0.3) is 64.7 Å². The maximum absolute atomic E-state index is 6.49. The predicted octanol–water partition coefficient (Wildman–Crippen LogP) is 12.0. The Balaban J connectivity index is 0.00000387. The van der Waals surface area contributed by atoms with Crippen molar-refractivity contribution in [2.75, 3.05) is 0 Å². The molecule has 0 atom stereocenters. The quantitative estimate of drug-likeness (QED) is 0.162. The number of hydrogen-bond donors (Lipinski definition) is 0. The summed E-state index contributed by atoms with van der Waals surface area (Å²) in [5.41, 5.74) is 9.80. The normalized spacial score (nSPS) is 11.9. The van der Waals surface area contributed by atoms with E-state index in [0.29, 0.717) is 11.5 Å². The molecule has 5 nitrogen and oxygen atoms in total. The molecule has 0 aliphatic carbocycles. The summed E-state index contributed by atoms with van der Waals surface area (Å²) in [6, 6.07) is 41.1. The molecule has 5 aromatic carbocycles. The number of benzene rings is 5. The molecule has 9 rings (SSSR count). The number of nitrogens with zero attached hydrogens (tertiary/aromatic N) is 4. The number of fused-ring (bicyclic) bond motifs is 6. The number of aromatic nitrogens is 4. The number of hydrogen-bond acceptors (Lipinski definition) is 4. The number of ether oxygens (including phenoxy) is 1. The molecule has 0 N–H and O–H groups in total. The van der Waals surface area contributed by atoms with Crippen molar-refractivity contribution in [1.82, 2.24) is 19.3 Å². The molecule has 0 aliphatic heterocycles. The molecule has 0 fully saturated rings. The van der Waals surface area contributed by atoms with Gasteiger partial charge in [0.2, 0.25) is 0 Å². The first-order valence-corrected chi connectivity index (χ1v) is 18.1. The molecule has 0 spiro atoms. The van der Waals surface area contributed by atoms with Crippen LogP contribution in [0.5, 0.6) is 11.5 Å². The molecule has 52 heavy (non-hydrogen) atoms. The summed E-state index contributed by atoms with van der Waals surface area (Å²) < 4.78 is 13.1. The van der Waals surface area contributed by atoms with Crippen LogP contribution in [0.3, 0.4) is 0 Å². The Morgan fingerprint density at radius 2 is 1.50 bits per heavy atom. The predicted molar refractivity (Wildman–Crippen MR) is 211 cm³/mol. The molecule has 7 heteroatoms. The second-order valence-corrected chi connectivity index (χ2v) is 15.5. The zero-order valence-electron chi connectivity index (χ0n) is 29.8. The van der Waals surface area contributed by atoms with E-state index < -0.39 is 0 Å². The van der Waals surface area contributed by atoms with Gasteiger partial charge in [0, 0.05) is 55.1 Å². The molecule has 0 amide bonds. The van der Waals surface area contributed by atoms with E-state index in [1.807, 2.05) is 52.7 Å². The molecule has 0 bridgehead atoms. The van der Waals surface area contributed by atoms with Gasteiger partial charge in [0.1, 0.15) is 5.82 Å². The number of aryl methyl sites for hydroxylation is 3. The fourth-order valence-corrected chi connectivity index (χ4v) is 8.49. The SMILES string of the molecule is Cc1cc(C)c(-c2ccn(-c3[c-]c(Oc4[c-]c5c(cc4)c4cc6c(cc4n5-c4cc(C(C)(C)C)ccn4)sc4ccccc46)ccc3)n2)c(C)c1.[Pt+2]. The van der Waals surface area contributed by atoms with Gasteiger partial charge in [-0.05, 0) is 84.3 Å². The molecule has 0 unspecified atom stereocenters. The summed E-state index contributed by atoms with van der Waals surface area (Å²) >= 11 is 1.82. The molecular formula is C45H36N4OPtS. The Labute approximate surface area is 321 Å². The Morgan fingerprint density at radius 3 is 2.31 bits per heavy atom. The summed E-state index contributed by atoms with van der Waals surface area (Å²) in [7, 11) is 0. The molecule has 4 heterocycles. The molecule has 9 aromatic rings. The van der Waals surface area contributed by atoms with E-state index in [4.69, 9.17) is 14.8 Å². The Morgan fingerprint density at radius 1 is 0.712 bits per heavy atom. The van der Waals surface area contributed by atoms with E-state index in [0.717, 1.165) is 39.0 Å². The van der Waals surface area contributed by atoms with Gasteiger partial charge in [-0.2, -0.15) is 17.2 Å². The van der Waals surface area contributed by atoms with Gasteiger partial charge in [0.05, 0.1) is 5.69 Å². The van der Waals surface area contributed by atoms with Crippen molar-refractivity contribution in [3.8, 4) is 34.3 Å². The summed E-state index contributed by atoms with van der Waals surface area (Å²) in [6.45, 7) is 13.1. The minimum atomic E-state index is -0.0266. The van der Waals surface area contributed by atoms with Gasteiger partial charge in [0.15, 0.2) is 0 Å². The van der Waals surface area contributed by atoms with Crippen LogP contribution in [0.1, 0.15) is 43.0 Å². The van der Waals surface area contributed by atoms with E-state index in [9.17, 15) is 0 Å². The standard InChI is InChI=1S/C45H36N4OS.Pt/c1-27-20-28(2)44(29(3)21-27)38-17-19-48(47-38)31-10-9-11-32(23-31)50-33-14-15-34-36-25-37-35-12-7-8-13-41(35)51-42(37)26-40(36)49(39(34)24-33)43-22-30(16-18-46-43)45(4,5)6;/h7-22,25-26H,1-6H3;/q-2;+2. The molecule has 0 saturated heterocycles. The van der Waals surface area contributed by atoms with Crippen LogP contribution < -0.4 is 4.74 Å². The first-order chi connectivity index (χ1) is 24.6. The van der Waals surface area contributed by atoms with Crippen LogP contribution in [0.4, 0.5) is 0 Å². The van der Waals surface area contributed by atoms with E-state index in [2.05, 4.69) is 131 Å². The zero-order valence-corrected chi connectivity index (χ0v) is 32.9. The van der Waals surface area contributed by atoms with Crippen molar-refractivity contribution < 1.29 is 25.8 Å². The average Bonchev–Trinajstić information content (AvgIpc) is 3.81. The number of pyridine rings is 1. The first kappa shape index (κ1) is 34.1. The fourth-order valence-electron chi connectivity index (χ4n) is 7.37. The van der Waals surface area contributed by atoms with Crippen molar-refractivity contribution >= 4 is 53.3 Å². The van der Waals surface area contributed by atoms with Crippen molar-refractivity contribution in [2.24, 2.45) is 0 Å². The summed E-state index contributed by atoms with van der Waals surface area (Å²) in [5, 5.41) is 9.74. The van der Waals surface area contributed by atoms with Gasteiger partial charge in [-0.15, -0.1) is 47.1 Å². The van der Waals surface area contributed by atoms with Gasteiger partial charge in [-0.25, -0.2) is 4.98 Å². The topological polar surface area (TPSA) is 44.9 Å². The molecule has 4 aromatic heterocycles. The monoisotopic (exact) mass is 875 g/mol. The van der Waals surface area contributed by atoms with Gasteiger partial charge in [-0.3, -0.25) is 4.68 Å². The van der Waals surface area contributed by atoms with Crippen LogP contribution >= 0.6 is 11.3 Å². The second-order valence-electron chi connectivity index (χ2n) is 14.5. The summed E-state index contributed by atoms with van der Waals surface area (Å²) in [6.07, 6.45) is 3.89. The van der Waals surface area contributed by atoms with Crippen molar-refractivity contribution in [1.29, 1.82) is 0 Å². The van der Waals surface area contributed by atoms with E-state index in [-0.39, 0.29) is 26.5 Å². The Hall–Kier alpha value is -5.03. The Kier molecular flexibility index (Phi) is 8.44. The Bertz CT molecular complexity index is 2790. The summed E-state index contributed by atoms with van der Waals surface area (Å²) in [4.78, 5) is 4.91. The van der Waals surface area contributed by atoms with E-state index in [1.54, 1.807) is 0 Å². The van der Waals surface area contributed by atoms with Crippen LogP contribution in [0, 0.1) is 32.9 Å². The zero-order chi connectivity index (χ0) is 35.0. The molecule has 0 radical (unpaired) electrons. The second kappa shape index (κ2) is 12.9. The molecule has 0 aliphatic rings. The average molecular weight is 876 g/mol. The smallest absolute Gasteiger partial charge is 0.509 e. The van der Waals surface area contributed by atoms with Crippen molar-refractivity contribution in [3.05, 3.63) is 144 Å². The molecular weight excluding hydrogens is 840 g/mol. The number of rotatable bonds is 5. The fraction of sp³-hybridized carbons (Fsp3) is 0.156. The van der Waals surface area contributed by atoms with Crippen LogP contribution in [0.2, 0.25) is 0 Å². The van der Waals surface area contributed by atoms with Crippen LogP contribution in [0.15, 0.2) is 109 Å². The third-order valence-electron chi connectivity index (χ3n) is 9.73. The van der Waals surface area contributed by atoms with E-state index in [1.165, 1.54) is 48.0 Å². The van der Waals surface area contributed by atoms with Crippen molar-refractivity contribution in [2.45, 2.75) is 47.0 Å². The number of thiophene rings is 1. The minimum Gasteiger partial charge on any atom is -0.509 e. The minimum absolute atomic E-state index is 0. The maximum Gasteiger partial charge on any atom is 2.00 e.